The van der Waals surface area contributed by atoms with Crippen LogP contribution >= 0.6 is 0 Å². The van der Waals surface area contributed by atoms with Gasteiger partial charge in [-0.3, -0.25) is 4.79 Å². The summed E-state index contributed by atoms with van der Waals surface area (Å²) in [5.41, 5.74) is 0.814. The Morgan fingerprint density at radius 2 is 2.28 bits per heavy atom. The predicted molar refractivity (Wildman–Crippen MR) is 62.2 cm³/mol. The molecule has 1 atom stereocenters. The lowest BCUT2D eigenvalue weighted by molar-refractivity contribution is -0.129. The van der Waals surface area contributed by atoms with Gasteiger partial charge in [0.1, 0.15) is 5.82 Å². The van der Waals surface area contributed by atoms with E-state index in [0.29, 0.717) is 5.82 Å². The number of hydrogen-bond acceptors (Lipinski definition) is 5. The molecule has 7 heteroatoms. The summed E-state index contributed by atoms with van der Waals surface area (Å²) in [6.07, 6.45) is 0.649. The maximum Gasteiger partial charge on any atom is 0.353 e. The molecule has 7 nitrogen and oxygen atoms in total. The number of aryl methyl sites for hydroxylation is 1. The minimum Gasteiger partial charge on any atom is -0.477 e. The van der Waals surface area contributed by atoms with Crippen molar-refractivity contribution >= 4 is 23.4 Å². The molecule has 18 heavy (non-hydrogen) atoms. The van der Waals surface area contributed by atoms with Gasteiger partial charge in [0, 0.05) is 12.6 Å². The predicted octanol–water partition coefficient (Wildman–Crippen LogP) is 0.558. The van der Waals surface area contributed by atoms with Crippen LogP contribution in [0.4, 0.5) is 5.82 Å². The molecule has 1 aliphatic rings. The fraction of sp³-hybridized carbons (Fsp3) is 0.273. The number of hydrogen-bond donors (Lipinski definition) is 2. The van der Waals surface area contributed by atoms with E-state index in [1.807, 2.05) is 6.92 Å². The van der Waals surface area contributed by atoms with Gasteiger partial charge in [0.05, 0.1) is 0 Å². The molecule has 1 amide bonds. The van der Waals surface area contributed by atoms with Crippen molar-refractivity contribution in [2.45, 2.75) is 19.4 Å². The largest absolute Gasteiger partial charge is 0.477 e. The minimum absolute atomic E-state index is 0.0486. The first-order valence-electron chi connectivity index (χ1n) is 5.26. The van der Waals surface area contributed by atoms with Gasteiger partial charge in [0.2, 0.25) is 6.10 Å². The molecule has 1 unspecified atom stereocenters. The Balaban J connectivity index is 1.94. The number of carbonyl (C=O) groups excluding carboxylic acids is 1. The third-order valence-corrected chi connectivity index (χ3v) is 2.37. The first-order valence-corrected chi connectivity index (χ1v) is 5.26. The second-order valence-electron chi connectivity index (χ2n) is 3.85. The van der Waals surface area contributed by atoms with E-state index in [0.717, 1.165) is 5.56 Å². The summed E-state index contributed by atoms with van der Waals surface area (Å²) in [4.78, 5) is 31.1. The molecule has 0 aliphatic carbocycles. The van der Waals surface area contributed by atoms with Crippen LogP contribution in [0.25, 0.3) is 0 Å². The number of nitrogens with zero attached hydrogens (tertiary/aromatic N) is 2. The van der Waals surface area contributed by atoms with Gasteiger partial charge in [-0.2, -0.15) is 0 Å². The Morgan fingerprint density at radius 3 is 2.83 bits per heavy atom. The van der Waals surface area contributed by atoms with Gasteiger partial charge < -0.3 is 15.3 Å². The topological polar surface area (TPSA) is 101 Å². The summed E-state index contributed by atoms with van der Waals surface area (Å²) < 4.78 is 0. The smallest absolute Gasteiger partial charge is 0.353 e. The molecule has 1 aromatic rings. The van der Waals surface area contributed by atoms with Gasteiger partial charge >= 0.3 is 5.97 Å². The van der Waals surface area contributed by atoms with E-state index in [2.05, 4.69) is 15.5 Å². The molecule has 0 saturated carbocycles. The van der Waals surface area contributed by atoms with Crippen molar-refractivity contribution in [1.82, 2.24) is 4.98 Å². The second-order valence-corrected chi connectivity index (χ2v) is 3.85. The number of pyridine rings is 1. The lowest BCUT2D eigenvalue weighted by Crippen LogP contribution is -2.29. The molecule has 0 fully saturated rings. The number of carboxylic acids is 1. The zero-order valence-corrected chi connectivity index (χ0v) is 9.58. The number of nitrogens with one attached hydrogen (secondary N) is 1. The molecule has 2 rings (SSSR count). The zero-order valence-electron chi connectivity index (χ0n) is 9.58. The van der Waals surface area contributed by atoms with Crippen LogP contribution in [0.2, 0.25) is 0 Å². The van der Waals surface area contributed by atoms with E-state index in [9.17, 15) is 9.59 Å². The standard InChI is InChI=1S/C11H11N3O4/c1-6-2-3-9(12-5-6)13-10(15)8-4-7(11(16)17)14-18-8/h2-3,5,8H,4H2,1H3,(H,16,17)(H,12,13,15). The molecule has 1 aromatic heterocycles. The van der Waals surface area contributed by atoms with Crippen LogP contribution in [-0.2, 0) is 14.4 Å². The van der Waals surface area contributed by atoms with Gasteiger partial charge in [-0.1, -0.05) is 11.2 Å². The molecule has 0 radical (unpaired) electrons. The summed E-state index contributed by atoms with van der Waals surface area (Å²) in [5.74, 6) is -1.26. The highest BCUT2D eigenvalue weighted by Gasteiger charge is 2.31. The van der Waals surface area contributed by atoms with Crippen molar-refractivity contribution < 1.29 is 19.5 Å². The van der Waals surface area contributed by atoms with Gasteiger partial charge in [0.25, 0.3) is 5.91 Å². The summed E-state index contributed by atoms with van der Waals surface area (Å²) in [5, 5.41) is 14.5. The number of oxime groups is 1. The average molecular weight is 249 g/mol. The Hall–Kier alpha value is -2.44. The van der Waals surface area contributed by atoms with Crippen LogP contribution in [0.1, 0.15) is 12.0 Å². The summed E-state index contributed by atoms with van der Waals surface area (Å²) >= 11 is 0. The number of carboxylic acid groups (broad SMARTS) is 1. The van der Waals surface area contributed by atoms with Crippen LogP contribution in [0.5, 0.6) is 0 Å². The zero-order chi connectivity index (χ0) is 13.1. The third-order valence-electron chi connectivity index (χ3n) is 2.37. The van der Waals surface area contributed by atoms with Crippen LogP contribution in [0.15, 0.2) is 23.5 Å². The highest BCUT2D eigenvalue weighted by atomic mass is 16.6. The number of amides is 1. The fourth-order valence-corrected chi connectivity index (χ4v) is 1.39. The van der Waals surface area contributed by atoms with Crippen LogP contribution in [-0.4, -0.2) is 33.8 Å². The van der Waals surface area contributed by atoms with E-state index < -0.39 is 18.0 Å². The first kappa shape index (κ1) is 12.0. The Morgan fingerprint density at radius 1 is 1.50 bits per heavy atom. The number of anilines is 1. The summed E-state index contributed by atoms with van der Waals surface area (Å²) in [6.45, 7) is 1.88. The molecule has 1 aliphatic heterocycles. The van der Waals surface area contributed by atoms with E-state index in [1.165, 1.54) is 0 Å². The van der Waals surface area contributed by atoms with Crippen molar-refractivity contribution in [3.8, 4) is 0 Å². The molecule has 2 heterocycles. The van der Waals surface area contributed by atoms with Gasteiger partial charge in [0.15, 0.2) is 5.71 Å². The molecule has 0 spiro atoms. The second kappa shape index (κ2) is 4.82. The maximum absolute atomic E-state index is 11.7. The van der Waals surface area contributed by atoms with Crippen molar-refractivity contribution in [3.05, 3.63) is 23.9 Å². The molecular weight excluding hydrogens is 238 g/mol. The van der Waals surface area contributed by atoms with Crippen molar-refractivity contribution in [2.75, 3.05) is 5.32 Å². The molecular formula is C11H11N3O4. The molecule has 0 aromatic carbocycles. The normalized spacial score (nSPS) is 17.8. The Kier molecular flexibility index (Phi) is 3.22. The van der Waals surface area contributed by atoms with Crippen LogP contribution in [0, 0.1) is 6.92 Å². The summed E-state index contributed by atoms with van der Waals surface area (Å²) in [6, 6.07) is 3.46. The Labute approximate surface area is 102 Å². The quantitative estimate of drug-likeness (QED) is 0.815. The number of rotatable bonds is 3. The number of aromatic nitrogens is 1. The average Bonchev–Trinajstić information content (AvgIpc) is 2.81. The number of aliphatic carboxylic acids is 1. The molecule has 2 N–H and O–H groups in total. The molecule has 94 valence electrons. The van der Waals surface area contributed by atoms with Crippen LogP contribution < -0.4 is 5.32 Å². The van der Waals surface area contributed by atoms with Crippen molar-refractivity contribution in [3.63, 3.8) is 0 Å². The van der Waals surface area contributed by atoms with E-state index >= 15 is 0 Å². The monoisotopic (exact) mass is 249 g/mol. The van der Waals surface area contributed by atoms with Crippen molar-refractivity contribution in [2.24, 2.45) is 5.16 Å². The lowest BCUT2D eigenvalue weighted by atomic mass is 10.2. The fourth-order valence-electron chi connectivity index (χ4n) is 1.39. The highest BCUT2D eigenvalue weighted by Crippen LogP contribution is 2.13. The Bertz CT molecular complexity index is 510. The van der Waals surface area contributed by atoms with E-state index in [4.69, 9.17) is 9.94 Å². The highest BCUT2D eigenvalue weighted by molar-refractivity contribution is 6.36. The first-order chi connectivity index (χ1) is 8.56. The SMILES string of the molecule is Cc1ccc(NC(=O)C2CC(C(=O)O)=NO2)nc1. The van der Waals surface area contributed by atoms with Crippen molar-refractivity contribution in [1.29, 1.82) is 0 Å². The summed E-state index contributed by atoms with van der Waals surface area (Å²) in [7, 11) is 0. The van der Waals surface area contributed by atoms with E-state index in [1.54, 1.807) is 18.3 Å². The van der Waals surface area contributed by atoms with E-state index in [-0.39, 0.29) is 12.1 Å². The van der Waals surface area contributed by atoms with Gasteiger partial charge in [-0.25, -0.2) is 9.78 Å². The lowest BCUT2D eigenvalue weighted by Gasteiger charge is -2.08. The number of carbonyl (C=O) groups is 2. The van der Waals surface area contributed by atoms with Crippen LogP contribution in [0.3, 0.4) is 0 Å². The molecule has 0 bridgehead atoms. The van der Waals surface area contributed by atoms with Gasteiger partial charge in [-0.05, 0) is 18.6 Å². The minimum atomic E-state index is -1.18. The van der Waals surface area contributed by atoms with Gasteiger partial charge in [-0.15, -0.1) is 0 Å². The third kappa shape index (κ3) is 2.62. The molecule has 0 saturated heterocycles. The maximum atomic E-state index is 11.7.